The third kappa shape index (κ3) is 5.60. The Morgan fingerprint density at radius 3 is 2.36 bits per heavy atom. The van der Waals surface area contributed by atoms with Crippen LogP contribution in [0.4, 0.5) is 4.39 Å². The van der Waals surface area contributed by atoms with Crippen LogP contribution >= 0.6 is 0 Å². The molecule has 0 saturated heterocycles. The number of carbonyl (C=O) groups is 1. The van der Waals surface area contributed by atoms with E-state index in [0.29, 0.717) is 24.3 Å². The van der Waals surface area contributed by atoms with Gasteiger partial charge in [-0.2, -0.15) is 0 Å². The lowest BCUT2D eigenvalue weighted by atomic mass is 10.0. The van der Waals surface area contributed by atoms with Crippen LogP contribution in [0.15, 0.2) is 42.5 Å². The SMILES string of the molecule is N=C(N)c1ccc(-c2ccc(OCCCCCC(=O)O)cc2)cc1F. The number of aliphatic carboxylic acids is 1. The van der Waals surface area contributed by atoms with E-state index < -0.39 is 11.8 Å². The van der Waals surface area contributed by atoms with E-state index in [-0.39, 0.29) is 17.8 Å². The van der Waals surface area contributed by atoms with Crippen LogP contribution in [-0.2, 0) is 4.79 Å². The lowest BCUT2D eigenvalue weighted by Gasteiger charge is -2.08. The van der Waals surface area contributed by atoms with Crippen molar-refractivity contribution in [2.24, 2.45) is 5.73 Å². The first-order valence-corrected chi connectivity index (χ1v) is 8.06. The minimum atomic E-state index is -0.774. The molecule has 0 heterocycles. The molecule has 0 saturated carbocycles. The minimum Gasteiger partial charge on any atom is -0.494 e. The number of rotatable bonds is 9. The highest BCUT2D eigenvalue weighted by atomic mass is 19.1. The second-order valence-corrected chi connectivity index (χ2v) is 5.69. The van der Waals surface area contributed by atoms with Gasteiger partial charge in [-0.1, -0.05) is 18.2 Å². The summed E-state index contributed by atoms with van der Waals surface area (Å²) < 4.78 is 19.5. The fourth-order valence-corrected chi connectivity index (χ4v) is 2.40. The van der Waals surface area contributed by atoms with E-state index in [2.05, 4.69) is 0 Å². The molecular weight excluding hydrogens is 323 g/mol. The molecule has 2 aromatic rings. The molecule has 0 aliphatic rings. The Morgan fingerprint density at radius 1 is 1.08 bits per heavy atom. The molecule has 0 amide bonds. The van der Waals surface area contributed by atoms with Crippen LogP contribution in [0.2, 0.25) is 0 Å². The molecule has 4 N–H and O–H groups in total. The number of nitrogens with one attached hydrogen (secondary N) is 1. The van der Waals surface area contributed by atoms with E-state index in [9.17, 15) is 9.18 Å². The topological polar surface area (TPSA) is 96.4 Å². The lowest BCUT2D eigenvalue weighted by molar-refractivity contribution is -0.137. The zero-order chi connectivity index (χ0) is 18.2. The van der Waals surface area contributed by atoms with E-state index in [0.717, 1.165) is 18.4 Å². The van der Waals surface area contributed by atoms with Gasteiger partial charge in [0.1, 0.15) is 17.4 Å². The fraction of sp³-hybridized carbons (Fsp3) is 0.263. The van der Waals surface area contributed by atoms with Gasteiger partial charge in [0, 0.05) is 6.42 Å². The average Bonchev–Trinajstić information content (AvgIpc) is 2.58. The van der Waals surface area contributed by atoms with Gasteiger partial charge in [0.25, 0.3) is 0 Å². The van der Waals surface area contributed by atoms with E-state index in [1.54, 1.807) is 6.07 Å². The van der Waals surface area contributed by atoms with Crippen molar-refractivity contribution in [3.8, 4) is 16.9 Å². The normalized spacial score (nSPS) is 10.4. The summed E-state index contributed by atoms with van der Waals surface area (Å²) in [4.78, 5) is 10.4. The van der Waals surface area contributed by atoms with Crippen molar-refractivity contribution in [3.63, 3.8) is 0 Å². The van der Waals surface area contributed by atoms with Crippen LogP contribution in [-0.4, -0.2) is 23.5 Å². The summed E-state index contributed by atoms with van der Waals surface area (Å²) in [5.41, 5.74) is 6.93. The number of amidine groups is 1. The molecule has 0 radical (unpaired) electrons. The van der Waals surface area contributed by atoms with Crippen molar-refractivity contribution in [1.82, 2.24) is 0 Å². The molecule has 0 unspecified atom stereocenters. The number of halogens is 1. The molecule has 0 bridgehead atoms. The van der Waals surface area contributed by atoms with Gasteiger partial charge < -0.3 is 15.6 Å². The Labute approximate surface area is 145 Å². The van der Waals surface area contributed by atoms with Crippen molar-refractivity contribution in [1.29, 1.82) is 5.41 Å². The Morgan fingerprint density at radius 2 is 1.76 bits per heavy atom. The first-order valence-electron chi connectivity index (χ1n) is 8.06. The van der Waals surface area contributed by atoms with Crippen molar-refractivity contribution in [2.75, 3.05) is 6.61 Å². The Kier molecular flexibility index (Phi) is 6.51. The molecule has 6 heteroatoms. The van der Waals surface area contributed by atoms with Crippen molar-refractivity contribution >= 4 is 11.8 Å². The van der Waals surface area contributed by atoms with Crippen LogP contribution in [0.3, 0.4) is 0 Å². The molecule has 0 aliphatic carbocycles. The van der Waals surface area contributed by atoms with E-state index in [1.165, 1.54) is 12.1 Å². The molecule has 2 aromatic carbocycles. The summed E-state index contributed by atoms with van der Waals surface area (Å²) in [5, 5.41) is 15.9. The fourth-order valence-electron chi connectivity index (χ4n) is 2.40. The summed E-state index contributed by atoms with van der Waals surface area (Å²) in [7, 11) is 0. The van der Waals surface area contributed by atoms with Crippen LogP contribution in [0.1, 0.15) is 31.2 Å². The van der Waals surface area contributed by atoms with Gasteiger partial charge in [0.2, 0.25) is 0 Å². The van der Waals surface area contributed by atoms with Crippen LogP contribution < -0.4 is 10.5 Å². The number of ether oxygens (including phenoxy) is 1. The van der Waals surface area contributed by atoms with E-state index in [1.807, 2.05) is 24.3 Å². The quantitative estimate of drug-likeness (QED) is 0.366. The largest absolute Gasteiger partial charge is 0.494 e. The molecule has 25 heavy (non-hydrogen) atoms. The number of benzene rings is 2. The first-order chi connectivity index (χ1) is 12.0. The highest BCUT2D eigenvalue weighted by molar-refractivity contribution is 5.95. The van der Waals surface area contributed by atoms with Gasteiger partial charge >= 0.3 is 5.97 Å². The first kappa shape index (κ1) is 18.4. The number of nitrogens with two attached hydrogens (primary N) is 1. The number of hydrogen-bond acceptors (Lipinski definition) is 3. The van der Waals surface area contributed by atoms with Gasteiger partial charge in [-0.25, -0.2) is 4.39 Å². The lowest BCUT2D eigenvalue weighted by Crippen LogP contribution is -2.13. The molecule has 5 nitrogen and oxygen atoms in total. The monoisotopic (exact) mass is 344 g/mol. The summed E-state index contributed by atoms with van der Waals surface area (Å²) in [6.07, 6.45) is 2.45. The maximum atomic E-state index is 13.9. The third-order valence-corrected chi connectivity index (χ3v) is 3.75. The summed E-state index contributed by atoms with van der Waals surface area (Å²) in [6.45, 7) is 0.529. The van der Waals surface area contributed by atoms with Crippen molar-refractivity contribution in [2.45, 2.75) is 25.7 Å². The average molecular weight is 344 g/mol. The second kappa shape index (κ2) is 8.82. The number of carboxylic acid groups (broad SMARTS) is 1. The van der Waals surface area contributed by atoms with Crippen molar-refractivity contribution in [3.05, 3.63) is 53.8 Å². The van der Waals surface area contributed by atoms with Crippen LogP contribution in [0.25, 0.3) is 11.1 Å². The van der Waals surface area contributed by atoms with Gasteiger partial charge in [0.05, 0.1) is 12.2 Å². The summed E-state index contributed by atoms with van der Waals surface area (Å²) >= 11 is 0. The number of hydrogen-bond donors (Lipinski definition) is 3. The zero-order valence-electron chi connectivity index (χ0n) is 13.8. The number of carboxylic acids is 1. The third-order valence-electron chi connectivity index (χ3n) is 3.75. The molecule has 0 aliphatic heterocycles. The summed E-state index contributed by atoms with van der Waals surface area (Å²) in [5.74, 6) is -0.880. The second-order valence-electron chi connectivity index (χ2n) is 5.69. The molecule has 0 atom stereocenters. The highest BCUT2D eigenvalue weighted by Gasteiger charge is 2.07. The van der Waals surface area contributed by atoms with Crippen molar-refractivity contribution < 1.29 is 19.0 Å². The maximum Gasteiger partial charge on any atom is 0.303 e. The predicted molar refractivity (Wildman–Crippen MR) is 94.5 cm³/mol. The predicted octanol–water partition coefficient (Wildman–Crippen LogP) is 3.80. The Hall–Kier alpha value is -2.89. The van der Waals surface area contributed by atoms with Gasteiger partial charge in [-0.3, -0.25) is 10.2 Å². The molecular formula is C19H21FN2O3. The number of nitrogen functional groups attached to an aromatic ring is 1. The smallest absolute Gasteiger partial charge is 0.303 e. The standard InChI is InChI=1S/C19H21FN2O3/c20-17-12-14(7-10-16(17)19(21)22)13-5-8-15(9-6-13)25-11-3-1-2-4-18(23)24/h5-10,12H,1-4,11H2,(H3,21,22)(H,23,24). The van der Waals surface area contributed by atoms with Gasteiger partial charge in [-0.15, -0.1) is 0 Å². The zero-order valence-corrected chi connectivity index (χ0v) is 13.8. The highest BCUT2D eigenvalue weighted by Crippen LogP contribution is 2.24. The molecule has 0 fully saturated rings. The van der Waals surface area contributed by atoms with Gasteiger partial charge in [0.15, 0.2) is 0 Å². The molecule has 2 rings (SSSR count). The van der Waals surface area contributed by atoms with E-state index in [4.69, 9.17) is 21.0 Å². The van der Waals surface area contributed by atoms with Crippen LogP contribution in [0, 0.1) is 11.2 Å². The molecule has 0 spiro atoms. The van der Waals surface area contributed by atoms with Crippen LogP contribution in [0.5, 0.6) is 5.75 Å². The maximum absolute atomic E-state index is 13.9. The number of unbranched alkanes of at least 4 members (excludes halogenated alkanes) is 2. The Bertz CT molecular complexity index is 745. The molecule has 0 aromatic heterocycles. The van der Waals surface area contributed by atoms with Gasteiger partial charge in [-0.05, 0) is 54.7 Å². The Balaban J connectivity index is 1.88. The minimum absolute atomic E-state index is 0.0894. The summed E-state index contributed by atoms with van der Waals surface area (Å²) in [6, 6.07) is 11.9. The molecule has 132 valence electrons. The van der Waals surface area contributed by atoms with E-state index >= 15 is 0 Å².